The molecule has 110 valence electrons. The minimum Gasteiger partial charge on any atom is -0.350 e. The lowest BCUT2D eigenvalue weighted by Gasteiger charge is -2.13. The van der Waals surface area contributed by atoms with E-state index in [0.717, 1.165) is 37.8 Å². The summed E-state index contributed by atoms with van der Waals surface area (Å²) in [5, 5.41) is 13.2. The van der Waals surface area contributed by atoms with Gasteiger partial charge in [0.1, 0.15) is 0 Å². The number of hydrogen-bond donors (Lipinski definition) is 1. The van der Waals surface area contributed by atoms with E-state index < -0.39 is 22.3 Å². The third-order valence-corrected chi connectivity index (χ3v) is 3.02. The van der Waals surface area contributed by atoms with Gasteiger partial charge in [0.25, 0.3) is 5.91 Å². The van der Waals surface area contributed by atoms with Crippen LogP contribution in [-0.2, 0) is 0 Å². The molecule has 0 saturated carbocycles. The second-order valence-electron chi connectivity index (χ2n) is 4.79. The van der Waals surface area contributed by atoms with Crippen molar-refractivity contribution in [3.63, 3.8) is 0 Å². The lowest BCUT2D eigenvalue weighted by Crippen LogP contribution is -2.32. The van der Waals surface area contributed by atoms with Crippen LogP contribution in [0.15, 0.2) is 18.2 Å². The SMILES string of the molecule is CCCCCC(C)NC(=O)c1ccc([N+](=O)[O-])c(F)c1. The van der Waals surface area contributed by atoms with Crippen molar-refractivity contribution in [1.29, 1.82) is 0 Å². The molecule has 0 radical (unpaired) electrons. The first kappa shape index (κ1) is 16.1. The standard InChI is InChI=1S/C14H19FN2O3/c1-3-4-5-6-10(2)16-14(18)11-7-8-13(17(19)20)12(15)9-11/h7-10H,3-6H2,1-2H3,(H,16,18). The van der Waals surface area contributed by atoms with Crippen LogP contribution in [0.4, 0.5) is 10.1 Å². The van der Waals surface area contributed by atoms with Crippen LogP contribution in [-0.4, -0.2) is 16.9 Å². The molecule has 0 aliphatic heterocycles. The van der Waals surface area contributed by atoms with Gasteiger partial charge in [0.05, 0.1) is 4.92 Å². The number of carbonyl (C=O) groups is 1. The Morgan fingerprint density at radius 1 is 1.45 bits per heavy atom. The highest BCUT2D eigenvalue weighted by molar-refractivity contribution is 5.94. The van der Waals surface area contributed by atoms with Crippen LogP contribution in [0.2, 0.25) is 0 Å². The molecule has 0 aliphatic carbocycles. The second-order valence-corrected chi connectivity index (χ2v) is 4.79. The predicted molar refractivity (Wildman–Crippen MR) is 74.1 cm³/mol. The predicted octanol–water partition coefficient (Wildman–Crippen LogP) is 3.43. The van der Waals surface area contributed by atoms with Gasteiger partial charge >= 0.3 is 5.69 Å². The summed E-state index contributed by atoms with van der Waals surface area (Å²) >= 11 is 0. The molecule has 0 bridgehead atoms. The maximum atomic E-state index is 13.4. The number of unbranched alkanes of at least 4 members (excludes halogenated alkanes) is 2. The number of nitrogens with zero attached hydrogens (tertiary/aromatic N) is 1. The van der Waals surface area contributed by atoms with Crippen molar-refractivity contribution < 1.29 is 14.1 Å². The van der Waals surface area contributed by atoms with Crippen LogP contribution in [0.1, 0.15) is 49.9 Å². The Hall–Kier alpha value is -1.98. The van der Waals surface area contributed by atoms with Crippen LogP contribution in [0.5, 0.6) is 0 Å². The Morgan fingerprint density at radius 2 is 2.15 bits per heavy atom. The molecule has 1 rings (SSSR count). The zero-order valence-electron chi connectivity index (χ0n) is 11.7. The van der Waals surface area contributed by atoms with Crippen LogP contribution in [0.25, 0.3) is 0 Å². The topological polar surface area (TPSA) is 72.2 Å². The van der Waals surface area contributed by atoms with E-state index in [1.807, 2.05) is 6.92 Å². The minimum atomic E-state index is -0.999. The molecule has 1 atom stereocenters. The highest BCUT2D eigenvalue weighted by atomic mass is 19.1. The van der Waals surface area contributed by atoms with Crippen LogP contribution in [0.3, 0.4) is 0 Å². The minimum absolute atomic E-state index is 0.00713. The van der Waals surface area contributed by atoms with Crippen molar-refractivity contribution in [2.24, 2.45) is 0 Å². The largest absolute Gasteiger partial charge is 0.350 e. The van der Waals surface area contributed by atoms with Crippen molar-refractivity contribution in [2.45, 2.75) is 45.6 Å². The third kappa shape index (κ3) is 4.60. The Kier molecular flexibility index (Phi) is 6.09. The van der Waals surface area contributed by atoms with Crippen LogP contribution >= 0.6 is 0 Å². The van der Waals surface area contributed by atoms with Crippen molar-refractivity contribution in [3.8, 4) is 0 Å². The fraction of sp³-hybridized carbons (Fsp3) is 0.500. The Bertz CT molecular complexity index is 491. The lowest BCUT2D eigenvalue weighted by atomic mass is 10.1. The number of nitro groups is 1. The van der Waals surface area contributed by atoms with Gasteiger partial charge in [-0.05, 0) is 25.5 Å². The number of halogens is 1. The van der Waals surface area contributed by atoms with Gasteiger partial charge in [-0.2, -0.15) is 4.39 Å². The monoisotopic (exact) mass is 282 g/mol. The second kappa shape index (κ2) is 7.57. The van der Waals surface area contributed by atoms with Gasteiger partial charge in [-0.3, -0.25) is 14.9 Å². The lowest BCUT2D eigenvalue weighted by molar-refractivity contribution is -0.387. The highest BCUT2D eigenvalue weighted by Crippen LogP contribution is 2.18. The van der Waals surface area contributed by atoms with E-state index >= 15 is 0 Å². The van der Waals surface area contributed by atoms with Gasteiger partial charge in [0, 0.05) is 17.7 Å². The molecule has 1 unspecified atom stereocenters. The third-order valence-electron chi connectivity index (χ3n) is 3.02. The summed E-state index contributed by atoms with van der Waals surface area (Å²) in [7, 11) is 0. The van der Waals surface area contributed by atoms with Gasteiger partial charge in [0.2, 0.25) is 5.82 Å². The van der Waals surface area contributed by atoms with Crippen LogP contribution < -0.4 is 5.32 Å². The van der Waals surface area contributed by atoms with Gasteiger partial charge in [0.15, 0.2) is 0 Å². The fourth-order valence-corrected chi connectivity index (χ4v) is 1.88. The summed E-state index contributed by atoms with van der Waals surface area (Å²) in [5.74, 6) is -1.41. The van der Waals surface area contributed by atoms with E-state index in [-0.39, 0.29) is 11.6 Å². The first-order valence-corrected chi connectivity index (χ1v) is 6.70. The number of nitrogens with one attached hydrogen (secondary N) is 1. The molecule has 0 aliphatic rings. The first-order chi connectivity index (χ1) is 9.45. The highest BCUT2D eigenvalue weighted by Gasteiger charge is 2.17. The summed E-state index contributed by atoms with van der Waals surface area (Å²) in [4.78, 5) is 21.6. The summed E-state index contributed by atoms with van der Waals surface area (Å²) in [6.07, 6.45) is 4.09. The smallest absolute Gasteiger partial charge is 0.304 e. The molecule has 0 fully saturated rings. The molecular weight excluding hydrogens is 263 g/mol. The van der Waals surface area contributed by atoms with Crippen LogP contribution in [0, 0.1) is 15.9 Å². The number of hydrogen-bond acceptors (Lipinski definition) is 3. The number of rotatable bonds is 7. The zero-order chi connectivity index (χ0) is 15.1. The Morgan fingerprint density at radius 3 is 2.70 bits per heavy atom. The maximum Gasteiger partial charge on any atom is 0.304 e. The molecule has 6 heteroatoms. The van der Waals surface area contributed by atoms with E-state index in [2.05, 4.69) is 12.2 Å². The number of amides is 1. The average Bonchev–Trinajstić information content (AvgIpc) is 2.38. The quantitative estimate of drug-likeness (QED) is 0.473. The number of benzene rings is 1. The van der Waals surface area contributed by atoms with E-state index in [4.69, 9.17) is 0 Å². The molecule has 1 amide bonds. The Balaban J connectivity index is 2.64. The molecule has 1 aromatic carbocycles. The van der Waals surface area contributed by atoms with Crippen molar-refractivity contribution >= 4 is 11.6 Å². The van der Waals surface area contributed by atoms with E-state index in [0.29, 0.717) is 0 Å². The van der Waals surface area contributed by atoms with E-state index in [1.54, 1.807) is 0 Å². The van der Waals surface area contributed by atoms with Crippen molar-refractivity contribution in [3.05, 3.63) is 39.7 Å². The Labute approximate surface area is 117 Å². The summed E-state index contributed by atoms with van der Waals surface area (Å²) in [5.41, 5.74) is -0.534. The number of nitro benzene ring substituents is 1. The van der Waals surface area contributed by atoms with Crippen molar-refractivity contribution in [2.75, 3.05) is 0 Å². The molecule has 0 heterocycles. The summed E-state index contributed by atoms with van der Waals surface area (Å²) in [6.45, 7) is 3.98. The molecule has 0 saturated heterocycles. The molecule has 0 spiro atoms. The molecule has 0 aromatic heterocycles. The molecule has 1 aromatic rings. The molecule has 5 nitrogen and oxygen atoms in total. The average molecular weight is 282 g/mol. The van der Waals surface area contributed by atoms with E-state index in [1.165, 1.54) is 6.07 Å². The fourth-order valence-electron chi connectivity index (χ4n) is 1.88. The zero-order valence-corrected chi connectivity index (χ0v) is 11.7. The van der Waals surface area contributed by atoms with Crippen molar-refractivity contribution in [1.82, 2.24) is 5.32 Å². The maximum absolute atomic E-state index is 13.4. The van der Waals surface area contributed by atoms with Gasteiger partial charge < -0.3 is 5.32 Å². The summed E-state index contributed by atoms with van der Waals surface area (Å²) < 4.78 is 13.4. The first-order valence-electron chi connectivity index (χ1n) is 6.70. The van der Waals surface area contributed by atoms with Gasteiger partial charge in [-0.25, -0.2) is 0 Å². The molecular formula is C14H19FN2O3. The number of carbonyl (C=O) groups excluding carboxylic acids is 1. The van der Waals surface area contributed by atoms with Gasteiger partial charge in [-0.1, -0.05) is 26.2 Å². The van der Waals surface area contributed by atoms with E-state index in [9.17, 15) is 19.3 Å². The molecule has 20 heavy (non-hydrogen) atoms. The molecule has 1 N–H and O–H groups in total. The normalized spacial score (nSPS) is 11.9. The summed E-state index contributed by atoms with van der Waals surface area (Å²) in [6, 6.07) is 3.15. The van der Waals surface area contributed by atoms with Gasteiger partial charge in [-0.15, -0.1) is 0 Å².